The molecule has 6 heteroatoms. The summed E-state index contributed by atoms with van der Waals surface area (Å²) in [5.74, 6) is 1.27. The molecule has 16 heavy (non-hydrogen) atoms. The van der Waals surface area contributed by atoms with Gasteiger partial charge in [0.2, 0.25) is 11.7 Å². The van der Waals surface area contributed by atoms with Crippen molar-refractivity contribution >= 4 is 27.3 Å². The highest BCUT2D eigenvalue weighted by atomic mass is 79.9. The van der Waals surface area contributed by atoms with Crippen LogP contribution in [0.1, 0.15) is 19.7 Å². The van der Waals surface area contributed by atoms with Gasteiger partial charge >= 0.3 is 0 Å². The van der Waals surface area contributed by atoms with Crippen molar-refractivity contribution in [3.05, 3.63) is 21.8 Å². The van der Waals surface area contributed by atoms with Crippen molar-refractivity contribution < 1.29 is 4.52 Å². The van der Waals surface area contributed by atoms with Gasteiger partial charge in [-0.1, -0.05) is 19.0 Å². The van der Waals surface area contributed by atoms with E-state index in [2.05, 4.69) is 45.2 Å². The van der Waals surface area contributed by atoms with Crippen LogP contribution in [0.5, 0.6) is 0 Å². The largest absolute Gasteiger partial charge is 0.338 e. The second kappa shape index (κ2) is 5.07. The van der Waals surface area contributed by atoms with E-state index >= 15 is 0 Å². The zero-order valence-electron chi connectivity index (χ0n) is 9.03. The SMILES string of the molecule is CC(C)NCc1nc(-c2ccc(Br)s2)no1. The molecule has 1 N–H and O–H groups in total. The summed E-state index contributed by atoms with van der Waals surface area (Å²) in [6.07, 6.45) is 0. The molecular formula is C10H12BrN3OS. The van der Waals surface area contributed by atoms with Gasteiger partial charge in [-0.2, -0.15) is 4.98 Å². The molecule has 2 aromatic rings. The Morgan fingerprint density at radius 3 is 2.94 bits per heavy atom. The lowest BCUT2D eigenvalue weighted by molar-refractivity contribution is 0.362. The summed E-state index contributed by atoms with van der Waals surface area (Å²) in [5.41, 5.74) is 0. The molecule has 2 rings (SSSR count). The number of hydrogen-bond donors (Lipinski definition) is 1. The summed E-state index contributed by atoms with van der Waals surface area (Å²) < 4.78 is 6.21. The maximum absolute atomic E-state index is 5.15. The quantitative estimate of drug-likeness (QED) is 0.943. The summed E-state index contributed by atoms with van der Waals surface area (Å²) in [5, 5.41) is 7.17. The van der Waals surface area contributed by atoms with Gasteiger partial charge in [0, 0.05) is 6.04 Å². The van der Waals surface area contributed by atoms with Crippen LogP contribution < -0.4 is 5.32 Å². The minimum absolute atomic E-state index is 0.409. The molecular weight excluding hydrogens is 290 g/mol. The Hall–Kier alpha value is -0.720. The second-order valence-corrected chi connectivity index (χ2v) is 6.11. The summed E-state index contributed by atoms with van der Waals surface area (Å²) in [4.78, 5) is 5.32. The molecule has 2 aromatic heterocycles. The van der Waals surface area contributed by atoms with E-state index in [0.717, 1.165) is 8.66 Å². The first-order chi connectivity index (χ1) is 7.65. The van der Waals surface area contributed by atoms with Crippen molar-refractivity contribution in [3.63, 3.8) is 0 Å². The Kier molecular flexibility index (Phi) is 3.73. The van der Waals surface area contributed by atoms with Crippen molar-refractivity contribution in [1.82, 2.24) is 15.5 Å². The average molecular weight is 302 g/mol. The predicted octanol–water partition coefficient (Wildman–Crippen LogP) is 3.06. The Balaban J connectivity index is 2.07. The van der Waals surface area contributed by atoms with E-state index < -0.39 is 0 Å². The monoisotopic (exact) mass is 301 g/mol. The summed E-state index contributed by atoms with van der Waals surface area (Å²) in [6.45, 7) is 4.76. The lowest BCUT2D eigenvalue weighted by atomic mass is 10.4. The van der Waals surface area contributed by atoms with E-state index in [1.807, 2.05) is 12.1 Å². The number of nitrogens with zero attached hydrogens (tertiary/aromatic N) is 2. The number of nitrogens with one attached hydrogen (secondary N) is 1. The lowest BCUT2D eigenvalue weighted by Gasteiger charge is -2.02. The van der Waals surface area contributed by atoms with Crippen LogP contribution in [0.2, 0.25) is 0 Å². The van der Waals surface area contributed by atoms with Gasteiger partial charge in [-0.3, -0.25) is 0 Å². The average Bonchev–Trinajstić information content (AvgIpc) is 2.83. The standard InChI is InChI=1S/C10H12BrN3OS/c1-6(2)12-5-9-13-10(14-15-9)7-3-4-8(11)16-7/h3-4,6,12H,5H2,1-2H3. The number of aromatic nitrogens is 2. The van der Waals surface area contributed by atoms with E-state index in [4.69, 9.17) is 4.52 Å². The highest BCUT2D eigenvalue weighted by Gasteiger charge is 2.10. The fourth-order valence-electron chi connectivity index (χ4n) is 1.15. The summed E-state index contributed by atoms with van der Waals surface area (Å²) >= 11 is 5.00. The molecule has 0 unspecified atom stereocenters. The molecule has 0 aliphatic carbocycles. The van der Waals surface area contributed by atoms with E-state index in [0.29, 0.717) is 24.3 Å². The third-order valence-corrected chi connectivity index (χ3v) is 3.54. The molecule has 0 spiro atoms. The Morgan fingerprint density at radius 1 is 1.50 bits per heavy atom. The molecule has 0 bridgehead atoms. The lowest BCUT2D eigenvalue weighted by Crippen LogP contribution is -2.21. The van der Waals surface area contributed by atoms with Gasteiger partial charge in [0.1, 0.15) is 0 Å². The zero-order valence-corrected chi connectivity index (χ0v) is 11.4. The van der Waals surface area contributed by atoms with E-state index in [9.17, 15) is 0 Å². The van der Waals surface area contributed by atoms with Crippen LogP contribution in [-0.2, 0) is 6.54 Å². The zero-order chi connectivity index (χ0) is 11.5. The molecule has 0 aliphatic heterocycles. The maximum atomic E-state index is 5.15. The van der Waals surface area contributed by atoms with Crippen LogP contribution in [0.3, 0.4) is 0 Å². The Morgan fingerprint density at radius 2 is 2.31 bits per heavy atom. The van der Waals surface area contributed by atoms with Gasteiger partial charge in [-0.25, -0.2) is 0 Å². The maximum Gasteiger partial charge on any atom is 0.240 e. The van der Waals surface area contributed by atoms with Crippen LogP contribution in [0.4, 0.5) is 0 Å². The minimum Gasteiger partial charge on any atom is -0.338 e. The summed E-state index contributed by atoms with van der Waals surface area (Å²) in [7, 11) is 0. The van der Waals surface area contributed by atoms with Gasteiger partial charge in [-0.15, -0.1) is 11.3 Å². The molecule has 0 saturated heterocycles. The number of thiophene rings is 1. The van der Waals surface area contributed by atoms with Crippen LogP contribution >= 0.6 is 27.3 Å². The van der Waals surface area contributed by atoms with E-state index in [1.165, 1.54) is 0 Å². The van der Waals surface area contributed by atoms with Crippen molar-refractivity contribution in [1.29, 1.82) is 0 Å². The Labute approximate surface area is 106 Å². The van der Waals surface area contributed by atoms with Crippen LogP contribution in [0.25, 0.3) is 10.7 Å². The first-order valence-corrected chi connectivity index (χ1v) is 6.58. The predicted molar refractivity (Wildman–Crippen MR) is 67.3 cm³/mol. The molecule has 2 heterocycles. The van der Waals surface area contributed by atoms with Crippen LogP contribution in [0.15, 0.2) is 20.4 Å². The molecule has 0 saturated carbocycles. The molecule has 0 atom stereocenters. The summed E-state index contributed by atoms with van der Waals surface area (Å²) in [6, 6.07) is 4.35. The molecule has 0 fully saturated rings. The fraction of sp³-hybridized carbons (Fsp3) is 0.400. The number of rotatable bonds is 4. The van der Waals surface area contributed by atoms with E-state index in [-0.39, 0.29) is 0 Å². The van der Waals surface area contributed by atoms with Crippen molar-refractivity contribution in [3.8, 4) is 10.7 Å². The molecule has 0 aliphatic rings. The number of hydrogen-bond acceptors (Lipinski definition) is 5. The normalized spacial score (nSPS) is 11.2. The number of halogens is 1. The van der Waals surface area contributed by atoms with Gasteiger partial charge in [0.25, 0.3) is 0 Å². The highest BCUT2D eigenvalue weighted by Crippen LogP contribution is 2.29. The van der Waals surface area contributed by atoms with Gasteiger partial charge in [-0.05, 0) is 28.1 Å². The molecule has 0 radical (unpaired) electrons. The third-order valence-electron chi connectivity index (χ3n) is 1.92. The topological polar surface area (TPSA) is 51.0 Å². The smallest absolute Gasteiger partial charge is 0.240 e. The van der Waals surface area contributed by atoms with Gasteiger partial charge in [0.05, 0.1) is 15.2 Å². The van der Waals surface area contributed by atoms with Crippen LogP contribution in [-0.4, -0.2) is 16.2 Å². The fourth-order valence-corrected chi connectivity index (χ4v) is 2.46. The Bertz CT molecular complexity index is 466. The molecule has 86 valence electrons. The third kappa shape index (κ3) is 2.90. The van der Waals surface area contributed by atoms with Crippen molar-refractivity contribution in [2.45, 2.75) is 26.4 Å². The molecule has 0 aromatic carbocycles. The van der Waals surface area contributed by atoms with Gasteiger partial charge < -0.3 is 9.84 Å². The first kappa shape index (κ1) is 11.8. The van der Waals surface area contributed by atoms with Crippen LogP contribution in [0, 0.1) is 0 Å². The minimum atomic E-state index is 0.409. The van der Waals surface area contributed by atoms with Gasteiger partial charge in [0.15, 0.2) is 0 Å². The first-order valence-electron chi connectivity index (χ1n) is 4.97. The molecule has 0 amide bonds. The molecule has 4 nitrogen and oxygen atoms in total. The van der Waals surface area contributed by atoms with E-state index in [1.54, 1.807) is 11.3 Å². The second-order valence-electron chi connectivity index (χ2n) is 3.65. The highest BCUT2D eigenvalue weighted by molar-refractivity contribution is 9.11. The van der Waals surface area contributed by atoms with Crippen molar-refractivity contribution in [2.75, 3.05) is 0 Å². The van der Waals surface area contributed by atoms with Crippen molar-refractivity contribution in [2.24, 2.45) is 0 Å².